The minimum atomic E-state index is -0.796. The molecule has 1 amide bonds. The van der Waals surface area contributed by atoms with Crippen LogP contribution in [0.15, 0.2) is 53.6 Å². The lowest BCUT2D eigenvalue weighted by Gasteiger charge is -2.11. The van der Waals surface area contributed by atoms with Gasteiger partial charge in [0.2, 0.25) is 0 Å². The van der Waals surface area contributed by atoms with Crippen molar-refractivity contribution in [1.82, 2.24) is 9.99 Å². The van der Waals surface area contributed by atoms with E-state index in [9.17, 15) is 14.0 Å². The van der Waals surface area contributed by atoms with Crippen LogP contribution >= 0.6 is 0 Å². The zero-order valence-corrected chi connectivity index (χ0v) is 17.1. The Bertz CT molecular complexity index is 1240. The maximum atomic E-state index is 14.0. The van der Waals surface area contributed by atoms with Crippen molar-refractivity contribution in [3.8, 4) is 11.8 Å². The van der Waals surface area contributed by atoms with Crippen LogP contribution in [0.2, 0.25) is 0 Å². The second kappa shape index (κ2) is 9.05. The smallest absolute Gasteiger partial charge is 0.337 e. The molecule has 0 fully saturated rings. The molecule has 0 saturated heterocycles. The Morgan fingerprint density at radius 3 is 2.65 bits per heavy atom. The minimum absolute atomic E-state index is 0.126. The standard InChI is InChI=1S/C23H19FN4O3/c1-14-9-18(13-26-27-22(29)20-8-7-16(12-25)10-21(20)24)15(2)28(14)19-6-4-5-17(11-19)23(30)31-3/h4-11,13H,1-3H3,(H,27,29)/b26-13-. The summed E-state index contributed by atoms with van der Waals surface area (Å²) in [6, 6.07) is 14.3. The molecule has 1 N–H and O–H groups in total. The molecule has 0 radical (unpaired) electrons. The number of nitriles is 1. The third kappa shape index (κ3) is 4.51. The highest BCUT2D eigenvalue weighted by Gasteiger charge is 2.14. The van der Waals surface area contributed by atoms with Crippen molar-refractivity contribution in [3.05, 3.63) is 88.0 Å². The molecule has 0 saturated carbocycles. The third-order valence-corrected chi connectivity index (χ3v) is 4.71. The molecule has 0 atom stereocenters. The van der Waals surface area contributed by atoms with Gasteiger partial charge in [0, 0.05) is 22.6 Å². The van der Waals surface area contributed by atoms with Crippen LogP contribution in [0.25, 0.3) is 5.69 Å². The number of esters is 1. The largest absolute Gasteiger partial charge is 0.465 e. The summed E-state index contributed by atoms with van der Waals surface area (Å²) >= 11 is 0. The molecular formula is C23H19FN4O3. The molecule has 0 aliphatic heterocycles. The molecular weight excluding hydrogens is 399 g/mol. The average Bonchev–Trinajstić information content (AvgIpc) is 3.05. The van der Waals surface area contributed by atoms with Gasteiger partial charge >= 0.3 is 5.97 Å². The summed E-state index contributed by atoms with van der Waals surface area (Å²) in [5.41, 5.74) is 5.88. The Balaban J connectivity index is 1.81. The van der Waals surface area contributed by atoms with Crippen LogP contribution in [0.3, 0.4) is 0 Å². The zero-order chi connectivity index (χ0) is 22.5. The Morgan fingerprint density at radius 2 is 1.97 bits per heavy atom. The molecule has 1 heterocycles. The number of hydrogen-bond acceptors (Lipinski definition) is 5. The lowest BCUT2D eigenvalue weighted by molar-refractivity contribution is 0.0600. The van der Waals surface area contributed by atoms with Crippen molar-refractivity contribution in [1.29, 1.82) is 5.26 Å². The first-order chi connectivity index (χ1) is 14.8. The summed E-state index contributed by atoms with van der Waals surface area (Å²) in [4.78, 5) is 24.0. The second-order valence-corrected chi connectivity index (χ2v) is 6.71. The lowest BCUT2D eigenvalue weighted by atomic mass is 10.1. The number of nitrogens with one attached hydrogen (secondary N) is 1. The van der Waals surface area contributed by atoms with E-state index in [4.69, 9.17) is 10.00 Å². The van der Waals surface area contributed by atoms with Crippen LogP contribution in [0.1, 0.15) is 43.2 Å². The van der Waals surface area contributed by atoms with Crippen molar-refractivity contribution in [2.45, 2.75) is 13.8 Å². The van der Waals surface area contributed by atoms with Crippen LogP contribution in [-0.2, 0) is 4.74 Å². The van der Waals surface area contributed by atoms with Crippen molar-refractivity contribution in [2.24, 2.45) is 5.10 Å². The first-order valence-corrected chi connectivity index (χ1v) is 9.26. The number of aryl methyl sites for hydroxylation is 1. The van der Waals surface area contributed by atoms with Crippen LogP contribution in [0, 0.1) is 31.0 Å². The van der Waals surface area contributed by atoms with E-state index in [0.717, 1.165) is 28.7 Å². The van der Waals surface area contributed by atoms with Gasteiger partial charge in [-0.2, -0.15) is 10.4 Å². The van der Waals surface area contributed by atoms with Gasteiger partial charge in [0.05, 0.1) is 36.1 Å². The van der Waals surface area contributed by atoms with E-state index in [0.29, 0.717) is 5.56 Å². The Labute approximate surface area is 178 Å². The Hall–Kier alpha value is -4.25. The molecule has 1 aromatic heterocycles. The van der Waals surface area contributed by atoms with Gasteiger partial charge in [-0.1, -0.05) is 6.07 Å². The number of carbonyl (C=O) groups is 2. The molecule has 31 heavy (non-hydrogen) atoms. The molecule has 0 unspecified atom stereocenters. The fourth-order valence-electron chi connectivity index (χ4n) is 3.19. The number of halogens is 1. The summed E-state index contributed by atoms with van der Waals surface area (Å²) in [6.45, 7) is 3.78. The van der Waals surface area contributed by atoms with Crippen LogP contribution in [0.5, 0.6) is 0 Å². The number of methoxy groups -OCH3 is 1. The summed E-state index contributed by atoms with van der Waals surface area (Å²) in [7, 11) is 1.33. The maximum absolute atomic E-state index is 14.0. The number of ether oxygens (including phenoxy) is 1. The summed E-state index contributed by atoms with van der Waals surface area (Å²) < 4.78 is 20.7. The Kier molecular flexibility index (Phi) is 6.26. The van der Waals surface area contributed by atoms with Crippen molar-refractivity contribution in [2.75, 3.05) is 7.11 Å². The molecule has 2 aromatic carbocycles. The fraction of sp³-hybridized carbons (Fsp3) is 0.130. The number of benzene rings is 2. The molecule has 0 aliphatic carbocycles. The quantitative estimate of drug-likeness (QED) is 0.389. The number of aromatic nitrogens is 1. The lowest BCUT2D eigenvalue weighted by Crippen LogP contribution is -2.19. The highest BCUT2D eigenvalue weighted by Crippen LogP contribution is 2.21. The molecule has 8 heteroatoms. The number of rotatable bonds is 5. The fourth-order valence-corrected chi connectivity index (χ4v) is 3.19. The van der Waals surface area contributed by atoms with E-state index < -0.39 is 17.7 Å². The Morgan fingerprint density at radius 1 is 1.19 bits per heavy atom. The van der Waals surface area contributed by atoms with Gasteiger partial charge in [0.15, 0.2) is 0 Å². The van der Waals surface area contributed by atoms with Crippen molar-refractivity contribution in [3.63, 3.8) is 0 Å². The molecule has 0 spiro atoms. The first kappa shape index (κ1) is 21.5. The number of carbonyl (C=O) groups excluding carboxylic acids is 2. The zero-order valence-electron chi connectivity index (χ0n) is 17.1. The first-order valence-electron chi connectivity index (χ1n) is 9.26. The topological polar surface area (TPSA) is 96.5 Å². The number of amides is 1. The SMILES string of the molecule is COC(=O)c1cccc(-n2c(C)cc(/C=N\NC(=O)c3ccc(C#N)cc3F)c2C)c1. The maximum Gasteiger partial charge on any atom is 0.337 e. The van der Waals surface area contributed by atoms with E-state index >= 15 is 0 Å². The van der Waals surface area contributed by atoms with Gasteiger partial charge in [-0.25, -0.2) is 14.6 Å². The van der Waals surface area contributed by atoms with Gasteiger partial charge in [-0.05, 0) is 56.3 Å². The summed E-state index contributed by atoms with van der Waals surface area (Å²) in [5.74, 6) is -1.95. The second-order valence-electron chi connectivity index (χ2n) is 6.71. The van der Waals surface area contributed by atoms with Crippen LogP contribution in [-0.4, -0.2) is 29.8 Å². The molecule has 156 valence electrons. The van der Waals surface area contributed by atoms with Crippen LogP contribution < -0.4 is 5.43 Å². The van der Waals surface area contributed by atoms with E-state index in [-0.39, 0.29) is 11.1 Å². The molecule has 3 rings (SSSR count). The number of hydrogen-bond donors (Lipinski definition) is 1. The van der Waals surface area contributed by atoms with Crippen molar-refractivity contribution < 1.29 is 18.7 Å². The van der Waals surface area contributed by atoms with Gasteiger partial charge in [0.25, 0.3) is 5.91 Å². The van der Waals surface area contributed by atoms with Gasteiger partial charge < -0.3 is 9.30 Å². The molecule has 0 aliphatic rings. The normalized spacial score (nSPS) is 10.7. The van der Waals surface area contributed by atoms with E-state index in [1.807, 2.05) is 36.6 Å². The summed E-state index contributed by atoms with van der Waals surface area (Å²) in [6.07, 6.45) is 1.46. The highest BCUT2D eigenvalue weighted by atomic mass is 19.1. The molecule has 0 bridgehead atoms. The van der Waals surface area contributed by atoms with Crippen molar-refractivity contribution >= 4 is 18.1 Å². The van der Waals surface area contributed by atoms with E-state index in [2.05, 4.69) is 10.5 Å². The minimum Gasteiger partial charge on any atom is -0.465 e. The monoisotopic (exact) mass is 418 g/mol. The predicted octanol–water partition coefficient (Wildman–Crippen LogP) is 3.66. The van der Waals surface area contributed by atoms with Crippen LogP contribution in [0.4, 0.5) is 4.39 Å². The summed E-state index contributed by atoms with van der Waals surface area (Å²) in [5, 5.41) is 12.7. The number of hydrazone groups is 1. The average molecular weight is 418 g/mol. The van der Waals surface area contributed by atoms with E-state index in [1.165, 1.54) is 25.5 Å². The van der Waals surface area contributed by atoms with Gasteiger partial charge in [-0.15, -0.1) is 0 Å². The van der Waals surface area contributed by atoms with Gasteiger partial charge in [-0.3, -0.25) is 4.79 Å². The highest BCUT2D eigenvalue weighted by molar-refractivity contribution is 5.95. The predicted molar refractivity (Wildman–Crippen MR) is 113 cm³/mol. The number of nitrogens with zero attached hydrogens (tertiary/aromatic N) is 3. The molecule has 3 aromatic rings. The van der Waals surface area contributed by atoms with E-state index in [1.54, 1.807) is 18.2 Å². The molecule has 7 nitrogen and oxygen atoms in total. The van der Waals surface area contributed by atoms with Gasteiger partial charge in [0.1, 0.15) is 5.82 Å². The third-order valence-electron chi connectivity index (χ3n) is 4.71.